The molecular formula is C26H29N5O4S. The Balaban J connectivity index is 1.12. The number of hydrogen-bond donors (Lipinski definition) is 1. The van der Waals surface area contributed by atoms with E-state index in [-0.39, 0.29) is 16.3 Å². The van der Waals surface area contributed by atoms with Crippen molar-refractivity contribution >= 4 is 21.7 Å². The van der Waals surface area contributed by atoms with Crippen molar-refractivity contribution in [3.05, 3.63) is 59.9 Å². The number of hydrogen-bond acceptors (Lipinski definition) is 7. The number of tetrazole rings is 1. The molecule has 10 heteroatoms. The molecule has 1 N–H and O–H groups in total. The molecule has 0 unspecified atom stereocenters. The second kappa shape index (κ2) is 8.69. The van der Waals surface area contributed by atoms with E-state index in [4.69, 9.17) is 4.74 Å². The molecule has 4 aliphatic carbocycles. The number of carbonyl (C=O) groups is 1. The van der Waals surface area contributed by atoms with Crippen LogP contribution in [0.1, 0.15) is 54.4 Å². The first-order valence-electron chi connectivity index (χ1n) is 12.4. The highest BCUT2D eigenvalue weighted by Crippen LogP contribution is 2.60. The molecule has 4 bridgehead atoms. The standard InChI is InChI=1S/C26H29N5O4S/c1-17-2-7-23(31-16-27-29-30-31)11-24(17)36(33,34)28-22-5-3-21(4-6-22)25(32)35-15-26-12-18-8-19(13-26)10-20(9-18)14-26/h2-7,11,16,18-20,28H,8-10,12-15H2,1H3. The number of esters is 1. The van der Waals surface area contributed by atoms with Crippen LogP contribution in [0.2, 0.25) is 0 Å². The Morgan fingerprint density at radius 1 is 1.06 bits per heavy atom. The highest BCUT2D eigenvalue weighted by Gasteiger charge is 2.51. The van der Waals surface area contributed by atoms with Crippen LogP contribution < -0.4 is 4.72 Å². The summed E-state index contributed by atoms with van der Waals surface area (Å²) in [5.74, 6) is 2.06. The van der Waals surface area contributed by atoms with Crippen molar-refractivity contribution in [2.75, 3.05) is 11.3 Å². The second-order valence-corrected chi connectivity index (χ2v) is 12.5. The summed E-state index contributed by atoms with van der Waals surface area (Å²) in [4.78, 5) is 12.9. The van der Waals surface area contributed by atoms with Gasteiger partial charge in [-0.05, 0) is 116 Å². The number of nitrogens with zero attached hydrogens (tertiary/aromatic N) is 4. The molecule has 7 rings (SSSR count). The van der Waals surface area contributed by atoms with Gasteiger partial charge < -0.3 is 4.74 Å². The third kappa shape index (κ3) is 4.38. The fourth-order valence-electron chi connectivity index (χ4n) is 6.95. The van der Waals surface area contributed by atoms with Crippen molar-refractivity contribution in [1.82, 2.24) is 20.2 Å². The quantitative estimate of drug-likeness (QED) is 0.478. The molecule has 0 saturated heterocycles. The van der Waals surface area contributed by atoms with Gasteiger partial charge in [0.15, 0.2) is 0 Å². The van der Waals surface area contributed by atoms with E-state index in [0.29, 0.717) is 29.1 Å². The zero-order valence-corrected chi connectivity index (χ0v) is 20.9. The van der Waals surface area contributed by atoms with Crippen molar-refractivity contribution in [2.24, 2.45) is 23.2 Å². The Morgan fingerprint density at radius 2 is 1.72 bits per heavy atom. The Hall–Kier alpha value is -3.27. The number of benzene rings is 2. The summed E-state index contributed by atoms with van der Waals surface area (Å²) in [5.41, 5.74) is 2.06. The van der Waals surface area contributed by atoms with Gasteiger partial charge in [0, 0.05) is 11.1 Å². The molecule has 1 aromatic heterocycles. The Labute approximate surface area is 210 Å². The minimum Gasteiger partial charge on any atom is -0.462 e. The third-order valence-electron chi connectivity index (χ3n) is 8.12. The molecule has 4 aliphatic rings. The summed E-state index contributed by atoms with van der Waals surface area (Å²) >= 11 is 0. The number of sulfonamides is 1. The molecule has 3 aromatic rings. The van der Waals surface area contributed by atoms with Gasteiger partial charge in [-0.15, -0.1) is 5.10 Å². The van der Waals surface area contributed by atoms with Gasteiger partial charge >= 0.3 is 5.97 Å². The van der Waals surface area contributed by atoms with Gasteiger partial charge in [-0.3, -0.25) is 4.72 Å². The molecule has 4 saturated carbocycles. The van der Waals surface area contributed by atoms with E-state index in [1.165, 1.54) is 55.6 Å². The van der Waals surface area contributed by atoms with Crippen molar-refractivity contribution in [1.29, 1.82) is 0 Å². The molecular weight excluding hydrogens is 478 g/mol. The third-order valence-corrected chi connectivity index (χ3v) is 9.65. The molecule has 0 amide bonds. The molecule has 0 atom stereocenters. The molecule has 0 spiro atoms. The number of aryl methyl sites for hydroxylation is 1. The highest BCUT2D eigenvalue weighted by molar-refractivity contribution is 7.92. The number of ether oxygens (including phenoxy) is 1. The first-order chi connectivity index (χ1) is 17.3. The molecule has 0 aliphatic heterocycles. The summed E-state index contributed by atoms with van der Waals surface area (Å²) in [5, 5.41) is 11.0. The van der Waals surface area contributed by atoms with Crippen molar-refractivity contribution < 1.29 is 17.9 Å². The number of rotatable bonds is 7. The number of anilines is 1. The second-order valence-electron chi connectivity index (χ2n) is 10.9. The lowest BCUT2D eigenvalue weighted by atomic mass is 9.50. The van der Waals surface area contributed by atoms with Gasteiger partial charge in [-0.2, -0.15) is 0 Å². The summed E-state index contributed by atoms with van der Waals surface area (Å²) < 4.78 is 36.0. The summed E-state index contributed by atoms with van der Waals surface area (Å²) in [7, 11) is -3.87. The van der Waals surface area contributed by atoms with Gasteiger partial charge in [0.2, 0.25) is 0 Å². The topological polar surface area (TPSA) is 116 Å². The predicted molar refractivity (Wildman–Crippen MR) is 132 cm³/mol. The van der Waals surface area contributed by atoms with E-state index in [0.717, 1.165) is 17.8 Å². The summed E-state index contributed by atoms with van der Waals surface area (Å²) in [6.07, 6.45) is 9.00. The van der Waals surface area contributed by atoms with Crippen LogP contribution in [0.5, 0.6) is 0 Å². The van der Waals surface area contributed by atoms with E-state index >= 15 is 0 Å². The Bertz CT molecular complexity index is 1350. The van der Waals surface area contributed by atoms with Crippen LogP contribution in [0.15, 0.2) is 53.7 Å². The van der Waals surface area contributed by atoms with Crippen molar-refractivity contribution in [3.8, 4) is 5.69 Å². The number of aromatic nitrogens is 4. The van der Waals surface area contributed by atoms with Gasteiger partial charge in [0.05, 0.1) is 22.8 Å². The SMILES string of the molecule is Cc1ccc(-n2cnnn2)cc1S(=O)(=O)Nc1ccc(C(=O)OCC23CC4CC(CC(C4)C2)C3)cc1. The largest absolute Gasteiger partial charge is 0.462 e. The van der Waals surface area contributed by atoms with Crippen LogP contribution in [0, 0.1) is 30.1 Å². The first kappa shape index (κ1) is 23.1. The van der Waals surface area contributed by atoms with Gasteiger partial charge in [-0.25, -0.2) is 17.9 Å². The van der Waals surface area contributed by atoms with E-state index in [9.17, 15) is 13.2 Å². The number of carbonyl (C=O) groups excluding carboxylic acids is 1. The fourth-order valence-corrected chi connectivity index (χ4v) is 8.28. The van der Waals surface area contributed by atoms with Crippen LogP contribution >= 0.6 is 0 Å². The lowest BCUT2D eigenvalue weighted by Gasteiger charge is -2.56. The van der Waals surface area contributed by atoms with Crippen LogP contribution in [-0.4, -0.2) is 41.2 Å². The summed E-state index contributed by atoms with van der Waals surface area (Å²) in [6.45, 7) is 2.21. The fraction of sp³-hybridized carbons (Fsp3) is 0.462. The van der Waals surface area contributed by atoms with Crippen molar-refractivity contribution in [2.45, 2.75) is 50.3 Å². The zero-order chi connectivity index (χ0) is 24.9. The Morgan fingerprint density at radius 3 is 2.33 bits per heavy atom. The summed E-state index contributed by atoms with van der Waals surface area (Å²) in [6, 6.07) is 11.3. The minimum atomic E-state index is -3.87. The number of nitrogens with one attached hydrogen (secondary N) is 1. The lowest BCUT2D eigenvalue weighted by molar-refractivity contribution is -0.0848. The molecule has 9 nitrogen and oxygen atoms in total. The van der Waals surface area contributed by atoms with Crippen LogP contribution in [0.25, 0.3) is 5.69 Å². The smallest absolute Gasteiger partial charge is 0.338 e. The predicted octanol–water partition coefficient (Wildman–Crippen LogP) is 4.14. The normalized spacial score (nSPS) is 26.6. The lowest BCUT2D eigenvalue weighted by Crippen LogP contribution is -2.48. The molecule has 36 heavy (non-hydrogen) atoms. The van der Waals surface area contributed by atoms with E-state index in [1.807, 2.05) is 0 Å². The molecule has 4 fully saturated rings. The van der Waals surface area contributed by atoms with Crippen LogP contribution in [0.4, 0.5) is 5.69 Å². The van der Waals surface area contributed by atoms with E-state index in [2.05, 4.69) is 20.2 Å². The average Bonchev–Trinajstić information content (AvgIpc) is 3.37. The first-order valence-corrected chi connectivity index (χ1v) is 13.9. The average molecular weight is 508 g/mol. The molecule has 0 radical (unpaired) electrons. The van der Waals surface area contributed by atoms with E-state index in [1.54, 1.807) is 43.3 Å². The maximum Gasteiger partial charge on any atom is 0.338 e. The Kier molecular flexibility index (Phi) is 5.59. The molecule has 188 valence electrons. The van der Waals surface area contributed by atoms with Crippen molar-refractivity contribution in [3.63, 3.8) is 0 Å². The molecule has 2 aromatic carbocycles. The minimum absolute atomic E-state index is 0.120. The van der Waals surface area contributed by atoms with Crippen LogP contribution in [-0.2, 0) is 14.8 Å². The van der Waals surface area contributed by atoms with Gasteiger partial charge in [0.1, 0.15) is 6.33 Å². The molecule has 1 heterocycles. The zero-order valence-electron chi connectivity index (χ0n) is 20.1. The maximum atomic E-state index is 13.1. The van der Waals surface area contributed by atoms with Gasteiger partial charge in [0.25, 0.3) is 10.0 Å². The monoisotopic (exact) mass is 507 g/mol. The maximum absolute atomic E-state index is 13.1. The van der Waals surface area contributed by atoms with E-state index < -0.39 is 10.0 Å². The van der Waals surface area contributed by atoms with Crippen LogP contribution in [0.3, 0.4) is 0 Å². The highest BCUT2D eigenvalue weighted by atomic mass is 32.2. The van der Waals surface area contributed by atoms with Gasteiger partial charge in [-0.1, -0.05) is 6.07 Å².